The molecule has 1 atom stereocenters. The molecule has 1 aromatic carbocycles. The van der Waals surface area contributed by atoms with Crippen LogP contribution in [0, 0.1) is 6.92 Å². The minimum absolute atomic E-state index is 0.265. The van der Waals surface area contributed by atoms with Crippen LogP contribution in [0.3, 0.4) is 0 Å². The van der Waals surface area contributed by atoms with Crippen LogP contribution in [0.2, 0.25) is 0 Å². The molecule has 0 amide bonds. The number of methoxy groups -OCH3 is 1. The van der Waals surface area contributed by atoms with Gasteiger partial charge in [0.2, 0.25) is 0 Å². The lowest BCUT2D eigenvalue weighted by atomic mass is 10.0. The van der Waals surface area contributed by atoms with Crippen molar-refractivity contribution in [2.45, 2.75) is 32.4 Å². The number of aryl methyl sites for hydroxylation is 1. The number of rotatable bonds is 2. The Bertz CT molecular complexity index is 603. The first-order valence-electron chi connectivity index (χ1n) is 6.65. The molecule has 2 N–H and O–H groups in total. The van der Waals surface area contributed by atoms with Crippen molar-refractivity contribution < 1.29 is 4.74 Å². The number of aromatic nitrogens is 2. The molecule has 19 heavy (non-hydrogen) atoms. The van der Waals surface area contributed by atoms with Crippen LogP contribution in [0.15, 0.2) is 24.3 Å². The van der Waals surface area contributed by atoms with Crippen molar-refractivity contribution in [2.24, 2.45) is 5.73 Å². The van der Waals surface area contributed by atoms with Crippen LogP contribution in [-0.4, -0.2) is 22.7 Å². The largest absolute Gasteiger partial charge is 0.497 e. The fourth-order valence-corrected chi connectivity index (χ4v) is 2.73. The van der Waals surface area contributed by atoms with Crippen LogP contribution in [0.1, 0.15) is 17.8 Å². The van der Waals surface area contributed by atoms with E-state index in [4.69, 9.17) is 15.5 Å². The average molecular weight is 257 g/mol. The van der Waals surface area contributed by atoms with Gasteiger partial charge in [0.1, 0.15) is 11.6 Å². The maximum atomic E-state index is 6.05. The van der Waals surface area contributed by atoms with Crippen LogP contribution in [0.25, 0.3) is 11.4 Å². The lowest BCUT2D eigenvalue weighted by Gasteiger charge is -2.22. The normalized spacial score (nSPS) is 18.2. The molecule has 0 radical (unpaired) electrons. The van der Waals surface area contributed by atoms with Gasteiger partial charge in [-0.05, 0) is 25.5 Å². The molecular formula is C15H19N3O. The summed E-state index contributed by atoms with van der Waals surface area (Å²) in [5, 5.41) is 0. The topological polar surface area (TPSA) is 53.1 Å². The van der Waals surface area contributed by atoms with E-state index in [0.717, 1.165) is 42.2 Å². The summed E-state index contributed by atoms with van der Waals surface area (Å²) in [6, 6.07) is 8.32. The number of nitrogens with two attached hydrogens (primary N) is 1. The lowest BCUT2D eigenvalue weighted by Crippen LogP contribution is -2.31. The van der Waals surface area contributed by atoms with E-state index in [1.807, 2.05) is 18.2 Å². The fraction of sp³-hybridized carbons (Fsp3) is 0.400. The van der Waals surface area contributed by atoms with Crippen LogP contribution in [0.5, 0.6) is 5.75 Å². The molecule has 0 bridgehead atoms. The minimum atomic E-state index is 0.265. The first kappa shape index (κ1) is 12.2. The standard InChI is InChI=1S/C15H19N3O/c1-10-14-9-12(16)6-7-18(14)15(17-10)11-4-3-5-13(8-11)19-2/h3-5,8,12H,6-7,9,16H2,1-2H3. The van der Waals surface area contributed by atoms with Gasteiger partial charge >= 0.3 is 0 Å². The van der Waals surface area contributed by atoms with Crippen LogP contribution in [0.4, 0.5) is 0 Å². The van der Waals surface area contributed by atoms with E-state index in [-0.39, 0.29) is 6.04 Å². The highest BCUT2D eigenvalue weighted by Gasteiger charge is 2.22. The van der Waals surface area contributed by atoms with Crippen molar-refractivity contribution in [3.05, 3.63) is 35.7 Å². The van der Waals surface area contributed by atoms with Gasteiger partial charge < -0.3 is 15.0 Å². The maximum absolute atomic E-state index is 6.05. The second-order valence-corrected chi connectivity index (χ2v) is 5.10. The van der Waals surface area contributed by atoms with Crippen molar-refractivity contribution in [2.75, 3.05) is 7.11 Å². The number of ether oxygens (including phenoxy) is 1. The Kier molecular flexibility index (Phi) is 3.03. The Balaban J connectivity index is 2.08. The number of benzene rings is 1. The van der Waals surface area contributed by atoms with E-state index in [1.165, 1.54) is 5.69 Å². The average Bonchev–Trinajstić information content (AvgIpc) is 2.76. The quantitative estimate of drug-likeness (QED) is 0.896. The Morgan fingerprint density at radius 2 is 2.26 bits per heavy atom. The second kappa shape index (κ2) is 4.70. The zero-order chi connectivity index (χ0) is 13.4. The van der Waals surface area contributed by atoms with Crippen molar-refractivity contribution >= 4 is 0 Å². The number of hydrogen-bond donors (Lipinski definition) is 1. The van der Waals surface area contributed by atoms with E-state index in [1.54, 1.807) is 7.11 Å². The van der Waals surface area contributed by atoms with Gasteiger partial charge in [-0.25, -0.2) is 4.98 Å². The summed E-state index contributed by atoms with van der Waals surface area (Å²) in [6.45, 7) is 3.01. The third-order valence-electron chi connectivity index (χ3n) is 3.78. The lowest BCUT2D eigenvalue weighted by molar-refractivity contribution is 0.415. The molecule has 100 valence electrons. The van der Waals surface area contributed by atoms with Gasteiger partial charge in [0.05, 0.1) is 12.8 Å². The molecule has 0 spiro atoms. The number of imidazole rings is 1. The summed E-state index contributed by atoms with van der Waals surface area (Å²) < 4.78 is 7.59. The van der Waals surface area contributed by atoms with Gasteiger partial charge in [-0.1, -0.05) is 12.1 Å². The van der Waals surface area contributed by atoms with Crippen molar-refractivity contribution in [1.82, 2.24) is 9.55 Å². The maximum Gasteiger partial charge on any atom is 0.140 e. The summed E-state index contributed by atoms with van der Waals surface area (Å²) in [5.41, 5.74) is 9.52. The first-order valence-corrected chi connectivity index (χ1v) is 6.65. The predicted molar refractivity (Wildman–Crippen MR) is 75.2 cm³/mol. The van der Waals surface area contributed by atoms with Gasteiger partial charge in [-0.2, -0.15) is 0 Å². The highest BCUT2D eigenvalue weighted by Crippen LogP contribution is 2.28. The molecule has 2 aromatic rings. The third-order valence-corrected chi connectivity index (χ3v) is 3.78. The second-order valence-electron chi connectivity index (χ2n) is 5.10. The number of nitrogens with zero attached hydrogens (tertiary/aromatic N) is 2. The molecule has 2 heterocycles. The highest BCUT2D eigenvalue weighted by atomic mass is 16.5. The van der Waals surface area contributed by atoms with Crippen LogP contribution >= 0.6 is 0 Å². The van der Waals surface area contributed by atoms with Gasteiger partial charge in [-0.3, -0.25) is 0 Å². The van der Waals surface area contributed by atoms with E-state index in [2.05, 4.69) is 17.6 Å². The number of hydrogen-bond acceptors (Lipinski definition) is 3. The Labute approximate surface area is 113 Å². The molecule has 1 aromatic heterocycles. The summed E-state index contributed by atoms with van der Waals surface area (Å²) in [5.74, 6) is 1.89. The minimum Gasteiger partial charge on any atom is -0.497 e. The molecule has 1 unspecified atom stereocenters. The molecule has 4 heteroatoms. The highest BCUT2D eigenvalue weighted by molar-refractivity contribution is 5.59. The van der Waals surface area contributed by atoms with Gasteiger partial charge in [0.25, 0.3) is 0 Å². The SMILES string of the molecule is COc1cccc(-c2nc(C)c3n2CCC(N)C3)c1. The molecule has 1 aliphatic rings. The molecular weight excluding hydrogens is 238 g/mol. The number of fused-ring (bicyclic) bond motifs is 1. The summed E-state index contributed by atoms with van der Waals surface area (Å²) in [6.07, 6.45) is 1.93. The Hall–Kier alpha value is -1.81. The molecule has 4 nitrogen and oxygen atoms in total. The predicted octanol–water partition coefficient (Wildman–Crippen LogP) is 2.14. The molecule has 0 saturated carbocycles. The third kappa shape index (κ3) is 2.12. The molecule has 0 saturated heterocycles. The van der Waals surface area contributed by atoms with E-state index >= 15 is 0 Å². The smallest absolute Gasteiger partial charge is 0.140 e. The monoisotopic (exact) mass is 257 g/mol. The van der Waals surface area contributed by atoms with Crippen molar-refractivity contribution in [3.8, 4) is 17.1 Å². The van der Waals surface area contributed by atoms with Gasteiger partial charge in [-0.15, -0.1) is 0 Å². The molecule has 0 aliphatic carbocycles. The summed E-state index contributed by atoms with van der Waals surface area (Å²) in [7, 11) is 1.68. The van der Waals surface area contributed by atoms with E-state index < -0.39 is 0 Å². The van der Waals surface area contributed by atoms with Gasteiger partial charge in [0.15, 0.2) is 0 Å². The molecule has 0 fully saturated rings. The fourth-order valence-electron chi connectivity index (χ4n) is 2.73. The summed E-state index contributed by atoms with van der Waals surface area (Å²) in [4.78, 5) is 4.72. The van der Waals surface area contributed by atoms with E-state index in [0.29, 0.717) is 0 Å². The van der Waals surface area contributed by atoms with Crippen LogP contribution in [-0.2, 0) is 13.0 Å². The Morgan fingerprint density at radius 1 is 1.42 bits per heavy atom. The van der Waals surface area contributed by atoms with Crippen LogP contribution < -0.4 is 10.5 Å². The molecule has 3 rings (SSSR count). The van der Waals surface area contributed by atoms with Crippen molar-refractivity contribution in [3.63, 3.8) is 0 Å². The Morgan fingerprint density at radius 3 is 3.05 bits per heavy atom. The first-order chi connectivity index (χ1) is 9.19. The summed E-state index contributed by atoms with van der Waals surface area (Å²) >= 11 is 0. The van der Waals surface area contributed by atoms with E-state index in [9.17, 15) is 0 Å². The zero-order valence-corrected chi connectivity index (χ0v) is 11.4. The van der Waals surface area contributed by atoms with Gasteiger partial charge in [0, 0.05) is 30.3 Å². The van der Waals surface area contributed by atoms with Crippen molar-refractivity contribution in [1.29, 1.82) is 0 Å². The molecule has 1 aliphatic heterocycles. The zero-order valence-electron chi connectivity index (χ0n) is 11.4.